The Bertz CT molecular complexity index is 351. The maximum atomic E-state index is 3.89. The summed E-state index contributed by atoms with van der Waals surface area (Å²) in [6.45, 7) is 10.6. The summed E-state index contributed by atoms with van der Waals surface area (Å²) < 4.78 is 0. The number of allylic oxidation sites excluding steroid dienone is 2. The van der Waals surface area contributed by atoms with Crippen LogP contribution in [0, 0.1) is 0 Å². The van der Waals surface area contributed by atoms with Crippen LogP contribution in [0.5, 0.6) is 0 Å². The average molecular weight is 229 g/mol. The summed E-state index contributed by atoms with van der Waals surface area (Å²) >= 11 is 0. The van der Waals surface area contributed by atoms with E-state index in [2.05, 4.69) is 62.2 Å². The van der Waals surface area contributed by atoms with Crippen molar-refractivity contribution in [2.24, 2.45) is 0 Å². The minimum atomic E-state index is -0.372. The molecule has 0 aromatic heterocycles. The summed E-state index contributed by atoms with van der Waals surface area (Å²) in [5.74, 6) is 0.662. The fraction of sp³-hybridized carbons (Fsp3) is 0.333. The van der Waals surface area contributed by atoms with Gasteiger partial charge in [0.15, 0.2) is 0 Å². The molecule has 1 radical (unpaired) electrons. The first kappa shape index (κ1) is 13.0. The molecule has 0 saturated carbocycles. The molecule has 0 nitrogen and oxygen atoms in total. The van der Waals surface area contributed by atoms with E-state index in [1.807, 2.05) is 6.92 Å². The molecule has 1 unspecified atom stereocenters. The minimum absolute atomic E-state index is 0.372. The Kier molecular flexibility index (Phi) is 5.27. The predicted molar refractivity (Wildman–Crippen MR) is 75.2 cm³/mol. The van der Waals surface area contributed by atoms with Gasteiger partial charge >= 0.3 is 0 Å². The first-order valence-corrected chi connectivity index (χ1v) is 8.09. The predicted octanol–water partition coefficient (Wildman–Crippen LogP) is 4.59. The molecule has 0 aliphatic heterocycles. The fourth-order valence-electron chi connectivity index (χ4n) is 1.73. The first-order chi connectivity index (χ1) is 7.59. The Morgan fingerprint density at radius 2 is 2.00 bits per heavy atom. The van der Waals surface area contributed by atoms with Gasteiger partial charge in [-0.2, -0.15) is 0 Å². The van der Waals surface area contributed by atoms with Gasteiger partial charge < -0.3 is 0 Å². The molecule has 0 spiro atoms. The maximum Gasteiger partial charge on any atom is 0.0731 e. The smallest absolute Gasteiger partial charge is 0.0731 e. The van der Waals surface area contributed by atoms with Crippen LogP contribution in [-0.4, -0.2) is 8.80 Å². The van der Waals surface area contributed by atoms with Gasteiger partial charge in [-0.3, -0.25) is 0 Å². The molecule has 16 heavy (non-hydrogen) atoms. The standard InChI is InChI=1S/C15H21Si/c1-13(2)10-11-16(4)12-14(3)15-8-6-5-7-9-15/h5-11,14H,1,12H2,2-4H3. The van der Waals surface area contributed by atoms with Crippen molar-refractivity contribution >= 4 is 8.80 Å². The lowest BCUT2D eigenvalue weighted by atomic mass is 10.0. The third-order valence-electron chi connectivity index (χ3n) is 2.65. The second kappa shape index (κ2) is 6.49. The molecule has 0 N–H and O–H groups in total. The van der Waals surface area contributed by atoms with E-state index in [0.717, 1.165) is 5.57 Å². The van der Waals surface area contributed by atoms with Crippen molar-refractivity contribution < 1.29 is 0 Å². The molecule has 0 saturated heterocycles. The Balaban J connectivity index is 2.52. The Labute approximate surface area is 101 Å². The molecule has 0 fully saturated rings. The van der Waals surface area contributed by atoms with Gasteiger partial charge in [0.1, 0.15) is 0 Å². The zero-order valence-electron chi connectivity index (χ0n) is 10.5. The highest BCUT2D eigenvalue weighted by atomic mass is 28.3. The van der Waals surface area contributed by atoms with Crippen molar-refractivity contribution in [2.75, 3.05) is 0 Å². The summed E-state index contributed by atoms with van der Waals surface area (Å²) in [6.07, 6.45) is 2.16. The van der Waals surface area contributed by atoms with E-state index < -0.39 is 0 Å². The van der Waals surface area contributed by atoms with Crippen LogP contribution in [0.4, 0.5) is 0 Å². The number of benzene rings is 1. The van der Waals surface area contributed by atoms with Crippen LogP contribution in [-0.2, 0) is 0 Å². The van der Waals surface area contributed by atoms with E-state index in [1.165, 1.54) is 11.6 Å². The molecule has 85 valence electrons. The highest BCUT2D eigenvalue weighted by Crippen LogP contribution is 2.21. The molecular formula is C15H21Si. The number of hydrogen-bond acceptors (Lipinski definition) is 0. The average Bonchev–Trinajstić information content (AvgIpc) is 2.27. The van der Waals surface area contributed by atoms with Crippen LogP contribution >= 0.6 is 0 Å². The number of rotatable bonds is 5. The van der Waals surface area contributed by atoms with Gasteiger partial charge in [-0.1, -0.05) is 67.7 Å². The van der Waals surface area contributed by atoms with Crippen LogP contribution < -0.4 is 0 Å². The van der Waals surface area contributed by atoms with Gasteiger partial charge in [0, 0.05) is 0 Å². The molecule has 1 aromatic rings. The second-order valence-corrected chi connectivity index (χ2v) is 6.98. The van der Waals surface area contributed by atoms with Crippen LogP contribution in [0.25, 0.3) is 0 Å². The van der Waals surface area contributed by atoms with E-state index >= 15 is 0 Å². The summed E-state index contributed by atoms with van der Waals surface area (Å²) in [5, 5.41) is 0. The van der Waals surface area contributed by atoms with Gasteiger partial charge in [0.05, 0.1) is 8.80 Å². The summed E-state index contributed by atoms with van der Waals surface area (Å²) in [7, 11) is -0.372. The van der Waals surface area contributed by atoms with Gasteiger partial charge in [-0.25, -0.2) is 0 Å². The molecule has 0 bridgehead atoms. The third-order valence-corrected chi connectivity index (χ3v) is 4.64. The highest BCUT2D eigenvalue weighted by Gasteiger charge is 2.09. The molecule has 1 aromatic carbocycles. The summed E-state index contributed by atoms with van der Waals surface area (Å²) in [4.78, 5) is 0. The topological polar surface area (TPSA) is 0 Å². The molecule has 1 rings (SSSR count). The first-order valence-electron chi connectivity index (χ1n) is 5.80. The highest BCUT2D eigenvalue weighted by molar-refractivity contribution is 6.63. The van der Waals surface area contributed by atoms with Crippen molar-refractivity contribution in [2.45, 2.75) is 32.4 Å². The lowest BCUT2D eigenvalue weighted by Crippen LogP contribution is -2.07. The maximum absolute atomic E-state index is 3.89. The van der Waals surface area contributed by atoms with Gasteiger partial charge in [-0.15, -0.1) is 0 Å². The minimum Gasteiger partial charge on any atom is -0.0961 e. The monoisotopic (exact) mass is 229 g/mol. The molecule has 0 heterocycles. The number of hydrogen-bond donors (Lipinski definition) is 0. The zero-order valence-corrected chi connectivity index (χ0v) is 11.5. The van der Waals surface area contributed by atoms with E-state index in [-0.39, 0.29) is 8.80 Å². The summed E-state index contributed by atoms with van der Waals surface area (Å²) in [6, 6.07) is 12.1. The van der Waals surface area contributed by atoms with Gasteiger partial charge in [0.2, 0.25) is 0 Å². The normalized spacial score (nSPS) is 13.2. The third kappa shape index (κ3) is 4.62. The fourth-order valence-corrected chi connectivity index (χ4v) is 3.64. The van der Waals surface area contributed by atoms with E-state index in [4.69, 9.17) is 0 Å². The zero-order chi connectivity index (χ0) is 12.0. The second-order valence-electron chi connectivity index (χ2n) is 4.54. The van der Waals surface area contributed by atoms with Crippen molar-refractivity contribution in [1.82, 2.24) is 0 Å². The van der Waals surface area contributed by atoms with E-state index in [9.17, 15) is 0 Å². The van der Waals surface area contributed by atoms with E-state index in [0.29, 0.717) is 5.92 Å². The largest absolute Gasteiger partial charge is 0.0961 e. The van der Waals surface area contributed by atoms with E-state index in [1.54, 1.807) is 0 Å². The van der Waals surface area contributed by atoms with Crippen molar-refractivity contribution in [3.8, 4) is 0 Å². The van der Waals surface area contributed by atoms with Crippen LogP contribution in [0.15, 0.2) is 54.3 Å². The van der Waals surface area contributed by atoms with Crippen LogP contribution in [0.3, 0.4) is 0 Å². The Hall–Kier alpha value is -1.08. The molecule has 0 aliphatic rings. The molecule has 1 atom stereocenters. The SMILES string of the molecule is C=C(C)C=C[Si](C)CC(C)c1ccccc1. The molecule has 1 heteroatoms. The molecule has 0 amide bonds. The molecular weight excluding hydrogens is 208 g/mol. The van der Waals surface area contributed by atoms with Crippen molar-refractivity contribution in [3.05, 3.63) is 59.8 Å². The Morgan fingerprint density at radius 3 is 2.56 bits per heavy atom. The lowest BCUT2D eigenvalue weighted by Gasteiger charge is -2.13. The Morgan fingerprint density at radius 1 is 1.38 bits per heavy atom. The van der Waals surface area contributed by atoms with Gasteiger partial charge in [0.25, 0.3) is 0 Å². The summed E-state index contributed by atoms with van der Waals surface area (Å²) in [5.41, 5.74) is 4.96. The molecule has 0 aliphatic carbocycles. The van der Waals surface area contributed by atoms with Crippen LogP contribution in [0.1, 0.15) is 25.3 Å². The quantitative estimate of drug-likeness (QED) is 0.512. The van der Waals surface area contributed by atoms with Crippen molar-refractivity contribution in [1.29, 1.82) is 0 Å². The van der Waals surface area contributed by atoms with Crippen LogP contribution in [0.2, 0.25) is 12.6 Å². The van der Waals surface area contributed by atoms with Crippen molar-refractivity contribution in [3.63, 3.8) is 0 Å². The lowest BCUT2D eigenvalue weighted by molar-refractivity contribution is 0.855. The van der Waals surface area contributed by atoms with Gasteiger partial charge in [-0.05, 0) is 24.4 Å².